The van der Waals surface area contributed by atoms with Crippen LogP contribution in [0, 0.1) is 35.9 Å². The summed E-state index contributed by atoms with van der Waals surface area (Å²) in [5, 5.41) is 8.20. The molecule has 1 aromatic rings. The van der Waals surface area contributed by atoms with Crippen molar-refractivity contribution in [3.63, 3.8) is 0 Å². The van der Waals surface area contributed by atoms with Crippen LogP contribution in [0.4, 0.5) is 4.39 Å². The SMILES string of the molecule is Cc1ccc(F)c(C#CCC#N)n1. The molecule has 3 heteroatoms. The number of aryl methyl sites for hydroxylation is 1. The van der Waals surface area contributed by atoms with Gasteiger partial charge in [-0.3, -0.25) is 0 Å². The van der Waals surface area contributed by atoms with Crippen LogP contribution in [-0.4, -0.2) is 4.98 Å². The summed E-state index contributed by atoms with van der Waals surface area (Å²) < 4.78 is 12.9. The van der Waals surface area contributed by atoms with E-state index in [1.54, 1.807) is 13.0 Å². The lowest BCUT2D eigenvalue weighted by atomic mass is 10.3. The number of halogens is 1. The standard InChI is InChI=1S/C10H7FN2/c1-8-5-6-9(11)10(13-8)4-2-3-7-12/h5-6H,3H2,1H3. The lowest BCUT2D eigenvalue weighted by molar-refractivity contribution is 0.616. The molecule has 0 bridgehead atoms. The van der Waals surface area contributed by atoms with Crippen molar-refractivity contribution in [1.29, 1.82) is 5.26 Å². The highest BCUT2D eigenvalue weighted by atomic mass is 19.1. The summed E-state index contributed by atoms with van der Waals surface area (Å²) in [5.41, 5.74) is 0.818. The summed E-state index contributed by atoms with van der Waals surface area (Å²) in [7, 11) is 0. The Kier molecular flexibility index (Phi) is 3.00. The number of hydrogen-bond acceptors (Lipinski definition) is 2. The van der Waals surface area contributed by atoms with Crippen molar-refractivity contribution >= 4 is 0 Å². The lowest BCUT2D eigenvalue weighted by Gasteiger charge is -1.94. The molecule has 0 amide bonds. The first-order valence-electron chi connectivity index (χ1n) is 3.73. The Hall–Kier alpha value is -1.87. The second-order valence-electron chi connectivity index (χ2n) is 2.42. The summed E-state index contributed by atoms with van der Waals surface area (Å²) in [6.07, 6.45) is 0.0923. The number of aromatic nitrogens is 1. The molecule has 1 aromatic heterocycles. The van der Waals surface area contributed by atoms with Crippen molar-refractivity contribution < 1.29 is 4.39 Å². The molecule has 0 aliphatic heterocycles. The van der Waals surface area contributed by atoms with Crippen LogP contribution >= 0.6 is 0 Å². The minimum absolute atomic E-state index is 0.0923. The zero-order valence-electron chi connectivity index (χ0n) is 7.13. The number of hydrogen-bond donors (Lipinski definition) is 0. The van der Waals surface area contributed by atoms with Crippen LogP contribution in [0.5, 0.6) is 0 Å². The van der Waals surface area contributed by atoms with Gasteiger partial charge in [0, 0.05) is 5.69 Å². The molecule has 0 unspecified atom stereocenters. The molecule has 1 rings (SSSR count). The third-order valence-corrected chi connectivity index (χ3v) is 1.36. The second-order valence-corrected chi connectivity index (χ2v) is 2.42. The van der Waals surface area contributed by atoms with Gasteiger partial charge in [-0.05, 0) is 25.0 Å². The fourth-order valence-corrected chi connectivity index (χ4v) is 0.795. The normalized spacial score (nSPS) is 8.38. The van der Waals surface area contributed by atoms with E-state index in [9.17, 15) is 4.39 Å². The van der Waals surface area contributed by atoms with E-state index in [2.05, 4.69) is 16.8 Å². The molecule has 2 nitrogen and oxygen atoms in total. The third kappa shape index (κ3) is 2.57. The van der Waals surface area contributed by atoms with Gasteiger partial charge < -0.3 is 0 Å². The van der Waals surface area contributed by atoms with Gasteiger partial charge >= 0.3 is 0 Å². The Morgan fingerprint density at radius 3 is 3.00 bits per heavy atom. The molecule has 13 heavy (non-hydrogen) atoms. The zero-order valence-corrected chi connectivity index (χ0v) is 7.13. The van der Waals surface area contributed by atoms with Crippen molar-refractivity contribution in [2.45, 2.75) is 13.3 Å². The largest absolute Gasteiger partial charge is 0.242 e. The van der Waals surface area contributed by atoms with Crippen LogP contribution in [0.1, 0.15) is 17.8 Å². The molecule has 0 aliphatic carbocycles. The zero-order chi connectivity index (χ0) is 9.68. The van der Waals surface area contributed by atoms with Crippen LogP contribution in [0.2, 0.25) is 0 Å². The van der Waals surface area contributed by atoms with Crippen molar-refractivity contribution in [1.82, 2.24) is 4.98 Å². The van der Waals surface area contributed by atoms with E-state index < -0.39 is 5.82 Å². The van der Waals surface area contributed by atoms with Crippen molar-refractivity contribution in [2.75, 3.05) is 0 Å². The summed E-state index contributed by atoms with van der Waals surface area (Å²) in [5.74, 6) is 4.55. The van der Waals surface area contributed by atoms with E-state index >= 15 is 0 Å². The van der Waals surface area contributed by atoms with Gasteiger partial charge in [-0.15, -0.1) is 0 Å². The molecule has 0 radical (unpaired) electrons. The predicted octanol–water partition coefficient (Wildman–Crippen LogP) is 1.79. The van der Waals surface area contributed by atoms with Crippen LogP contribution in [0.3, 0.4) is 0 Å². The molecule has 64 valence electrons. The molecule has 0 aromatic carbocycles. The third-order valence-electron chi connectivity index (χ3n) is 1.36. The van der Waals surface area contributed by atoms with Gasteiger partial charge in [0.2, 0.25) is 0 Å². The van der Waals surface area contributed by atoms with Crippen LogP contribution in [-0.2, 0) is 0 Å². The van der Waals surface area contributed by atoms with Crippen molar-refractivity contribution in [3.8, 4) is 17.9 Å². The van der Waals surface area contributed by atoms with E-state index in [1.165, 1.54) is 6.07 Å². The molecular weight excluding hydrogens is 167 g/mol. The van der Waals surface area contributed by atoms with Crippen LogP contribution in [0.25, 0.3) is 0 Å². The maximum Gasteiger partial charge on any atom is 0.157 e. The summed E-state index contributed by atoms with van der Waals surface area (Å²) in [6.45, 7) is 1.76. The summed E-state index contributed by atoms with van der Waals surface area (Å²) >= 11 is 0. The van der Waals surface area contributed by atoms with Gasteiger partial charge in [-0.2, -0.15) is 5.26 Å². The fraction of sp³-hybridized carbons (Fsp3) is 0.200. The minimum Gasteiger partial charge on any atom is -0.242 e. The van der Waals surface area contributed by atoms with E-state index in [1.807, 2.05) is 6.07 Å². The van der Waals surface area contributed by atoms with E-state index in [4.69, 9.17) is 5.26 Å². The van der Waals surface area contributed by atoms with Crippen LogP contribution in [0.15, 0.2) is 12.1 Å². The Balaban J connectivity index is 2.97. The molecule has 0 saturated carbocycles. The number of nitrogens with zero attached hydrogens (tertiary/aromatic N) is 2. The highest BCUT2D eigenvalue weighted by Gasteiger charge is 1.98. The number of rotatable bonds is 0. The molecule has 0 atom stereocenters. The highest BCUT2D eigenvalue weighted by Crippen LogP contribution is 2.03. The Bertz CT molecular complexity index is 407. The summed E-state index contributed by atoms with van der Waals surface area (Å²) in [6, 6.07) is 4.74. The highest BCUT2D eigenvalue weighted by molar-refractivity contribution is 5.30. The first-order chi connectivity index (χ1) is 6.24. The van der Waals surface area contributed by atoms with Gasteiger partial charge in [-0.25, -0.2) is 9.37 Å². The van der Waals surface area contributed by atoms with E-state index in [0.717, 1.165) is 0 Å². The smallest absolute Gasteiger partial charge is 0.157 e. The molecule has 0 N–H and O–H groups in total. The van der Waals surface area contributed by atoms with Crippen molar-refractivity contribution in [2.24, 2.45) is 0 Å². The second kappa shape index (κ2) is 4.23. The quantitative estimate of drug-likeness (QED) is 0.562. The maximum atomic E-state index is 12.9. The monoisotopic (exact) mass is 174 g/mol. The van der Waals surface area contributed by atoms with E-state index in [0.29, 0.717) is 5.69 Å². The molecular formula is C10H7FN2. The number of pyridine rings is 1. The number of nitriles is 1. The van der Waals surface area contributed by atoms with Gasteiger partial charge in [0.05, 0.1) is 12.5 Å². The average molecular weight is 174 g/mol. The van der Waals surface area contributed by atoms with Gasteiger partial charge in [0.1, 0.15) is 5.69 Å². The first-order valence-corrected chi connectivity index (χ1v) is 3.73. The summed E-state index contributed by atoms with van der Waals surface area (Å²) in [4.78, 5) is 3.89. The average Bonchev–Trinajstić information content (AvgIpc) is 2.11. The predicted molar refractivity (Wildman–Crippen MR) is 46.0 cm³/mol. The minimum atomic E-state index is -0.448. The fourth-order valence-electron chi connectivity index (χ4n) is 0.795. The Labute approximate surface area is 76.0 Å². The maximum absolute atomic E-state index is 12.9. The van der Waals surface area contributed by atoms with E-state index in [-0.39, 0.29) is 12.1 Å². The Morgan fingerprint density at radius 1 is 1.54 bits per heavy atom. The molecule has 0 aliphatic rings. The first kappa shape index (κ1) is 9.22. The van der Waals surface area contributed by atoms with Gasteiger partial charge in [0.25, 0.3) is 0 Å². The topological polar surface area (TPSA) is 36.7 Å². The molecule has 0 spiro atoms. The molecule has 1 heterocycles. The van der Waals surface area contributed by atoms with Gasteiger partial charge in [-0.1, -0.05) is 5.92 Å². The van der Waals surface area contributed by atoms with Crippen LogP contribution < -0.4 is 0 Å². The van der Waals surface area contributed by atoms with Crippen molar-refractivity contribution in [3.05, 3.63) is 29.3 Å². The Morgan fingerprint density at radius 2 is 2.31 bits per heavy atom. The van der Waals surface area contributed by atoms with Gasteiger partial charge in [0.15, 0.2) is 5.82 Å². The molecule has 0 fully saturated rings. The lowest BCUT2D eigenvalue weighted by Crippen LogP contribution is -1.90. The molecule has 0 saturated heterocycles.